The van der Waals surface area contributed by atoms with E-state index in [1.165, 1.54) is 6.20 Å². The largest absolute Gasteiger partial charge is 0.352 e. The van der Waals surface area contributed by atoms with E-state index < -0.39 is 0 Å². The summed E-state index contributed by atoms with van der Waals surface area (Å²) in [7, 11) is 0. The predicted octanol–water partition coefficient (Wildman–Crippen LogP) is 3.22. The van der Waals surface area contributed by atoms with E-state index in [0.717, 1.165) is 6.42 Å². The van der Waals surface area contributed by atoms with Crippen LogP contribution in [-0.4, -0.2) is 28.1 Å². The lowest BCUT2D eigenvalue weighted by atomic mass is 10.2. The Morgan fingerprint density at radius 3 is 2.72 bits per heavy atom. The molecule has 150 valence electrons. The number of amides is 2. The monoisotopic (exact) mass is 412 g/mol. The molecule has 0 fully saturated rings. The molecule has 2 amide bonds. The number of fused-ring (bicyclic) bond motifs is 1. The van der Waals surface area contributed by atoms with Gasteiger partial charge in [0, 0.05) is 24.0 Å². The molecule has 2 N–H and O–H groups in total. The average molecular weight is 413 g/mol. The van der Waals surface area contributed by atoms with Crippen LogP contribution in [0.25, 0.3) is 10.9 Å². The first-order valence-electron chi connectivity index (χ1n) is 9.32. The van der Waals surface area contributed by atoms with Gasteiger partial charge in [0.25, 0.3) is 5.91 Å². The molecule has 1 aromatic heterocycles. The van der Waals surface area contributed by atoms with Crippen LogP contribution in [0, 0.1) is 0 Å². The molecule has 1 heterocycles. The fraction of sp³-hybridized carbons (Fsp3) is 0.238. The van der Waals surface area contributed by atoms with Crippen molar-refractivity contribution in [2.45, 2.75) is 26.3 Å². The third-order valence-corrected chi connectivity index (χ3v) is 4.66. The Morgan fingerprint density at radius 2 is 1.97 bits per heavy atom. The Hall–Kier alpha value is -3.19. The van der Waals surface area contributed by atoms with E-state index in [1.807, 2.05) is 13.0 Å². The van der Waals surface area contributed by atoms with Gasteiger partial charge in [0.15, 0.2) is 0 Å². The average Bonchev–Trinajstić information content (AvgIpc) is 2.72. The van der Waals surface area contributed by atoms with Crippen LogP contribution in [-0.2, 0) is 11.3 Å². The van der Waals surface area contributed by atoms with Gasteiger partial charge < -0.3 is 10.6 Å². The maximum absolute atomic E-state index is 12.3. The first-order chi connectivity index (χ1) is 14.0. The molecule has 8 heteroatoms. The molecule has 29 heavy (non-hydrogen) atoms. The Morgan fingerprint density at radius 1 is 1.17 bits per heavy atom. The Bertz CT molecular complexity index is 1110. The first kappa shape index (κ1) is 20.5. The molecule has 7 nitrogen and oxygen atoms in total. The summed E-state index contributed by atoms with van der Waals surface area (Å²) < 4.78 is 1.63. The van der Waals surface area contributed by atoms with Gasteiger partial charge in [0.1, 0.15) is 0 Å². The molecule has 3 rings (SSSR count). The Kier molecular flexibility index (Phi) is 6.61. The number of hydrogen-bond donors (Lipinski definition) is 2. The number of para-hydroxylation sites is 1. The summed E-state index contributed by atoms with van der Waals surface area (Å²) in [6, 6.07) is 11.9. The van der Waals surface area contributed by atoms with E-state index in [2.05, 4.69) is 15.7 Å². The second-order valence-electron chi connectivity index (χ2n) is 6.50. The standard InChI is InChI=1S/C21H21ClN4O3/c1-2-10-23-21(29)15-8-7-14(12-17(15)22)25-20(28)9-11-26-18-6-4-3-5-16(18)19(27)13-24-26/h3-8,12-13H,2,9-11H2,1H3,(H,23,29)(H,25,28). The van der Waals surface area contributed by atoms with Gasteiger partial charge in [0.2, 0.25) is 11.3 Å². The van der Waals surface area contributed by atoms with Gasteiger partial charge in [-0.15, -0.1) is 0 Å². The fourth-order valence-electron chi connectivity index (χ4n) is 2.88. The minimum absolute atomic E-state index is 0.154. The summed E-state index contributed by atoms with van der Waals surface area (Å²) in [5.41, 5.74) is 1.39. The number of rotatable bonds is 7. The van der Waals surface area contributed by atoms with E-state index in [1.54, 1.807) is 41.1 Å². The SMILES string of the molecule is CCCNC(=O)c1ccc(NC(=O)CCn2ncc(=O)c3ccccc32)cc1Cl. The summed E-state index contributed by atoms with van der Waals surface area (Å²) in [4.78, 5) is 36.2. The van der Waals surface area contributed by atoms with Crippen molar-refractivity contribution >= 4 is 40.0 Å². The highest BCUT2D eigenvalue weighted by atomic mass is 35.5. The zero-order valence-electron chi connectivity index (χ0n) is 15.9. The molecular formula is C21H21ClN4O3. The van der Waals surface area contributed by atoms with Crippen molar-refractivity contribution in [3.8, 4) is 0 Å². The Labute approximate surface area is 172 Å². The third kappa shape index (κ3) is 5.00. The third-order valence-electron chi connectivity index (χ3n) is 4.35. The van der Waals surface area contributed by atoms with Crippen molar-refractivity contribution in [1.29, 1.82) is 0 Å². The molecular weight excluding hydrogens is 392 g/mol. The number of hydrogen-bond acceptors (Lipinski definition) is 4. The number of aryl methyl sites for hydroxylation is 1. The Balaban J connectivity index is 1.64. The van der Waals surface area contributed by atoms with Gasteiger partial charge in [-0.3, -0.25) is 19.1 Å². The maximum Gasteiger partial charge on any atom is 0.252 e. The number of benzene rings is 2. The number of aromatic nitrogens is 2. The van der Waals surface area contributed by atoms with E-state index in [0.29, 0.717) is 35.2 Å². The highest BCUT2D eigenvalue weighted by Gasteiger charge is 2.12. The van der Waals surface area contributed by atoms with Crippen LogP contribution in [0.2, 0.25) is 5.02 Å². The minimum atomic E-state index is -0.245. The molecule has 0 aliphatic rings. The lowest BCUT2D eigenvalue weighted by Crippen LogP contribution is -2.24. The van der Waals surface area contributed by atoms with Crippen molar-refractivity contribution in [2.75, 3.05) is 11.9 Å². The lowest BCUT2D eigenvalue weighted by molar-refractivity contribution is -0.116. The van der Waals surface area contributed by atoms with Crippen LogP contribution in [0.15, 0.2) is 53.5 Å². The number of nitrogens with zero attached hydrogens (tertiary/aromatic N) is 2. The van der Waals surface area contributed by atoms with E-state index in [9.17, 15) is 14.4 Å². The maximum atomic E-state index is 12.3. The number of carbonyl (C=O) groups is 2. The molecule has 0 aliphatic carbocycles. The van der Waals surface area contributed by atoms with Gasteiger partial charge >= 0.3 is 0 Å². The van der Waals surface area contributed by atoms with Gasteiger partial charge in [-0.25, -0.2) is 0 Å². The number of carbonyl (C=O) groups excluding carboxylic acids is 2. The van der Waals surface area contributed by atoms with Crippen LogP contribution >= 0.6 is 11.6 Å². The van der Waals surface area contributed by atoms with Crippen LogP contribution in [0.5, 0.6) is 0 Å². The zero-order chi connectivity index (χ0) is 20.8. The van der Waals surface area contributed by atoms with E-state index >= 15 is 0 Å². The summed E-state index contributed by atoms with van der Waals surface area (Å²) in [6.45, 7) is 2.85. The predicted molar refractivity (Wildman–Crippen MR) is 113 cm³/mol. The highest BCUT2D eigenvalue weighted by molar-refractivity contribution is 6.34. The topological polar surface area (TPSA) is 93.1 Å². The van der Waals surface area contributed by atoms with Crippen LogP contribution in [0.4, 0.5) is 5.69 Å². The second kappa shape index (κ2) is 9.34. The molecule has 0 aliphatic heterocycles. The first-order valence-corrected chi connectivity index (χ1v) is 9.70. The summed E-state index contributed by atoms with van der Waals surface area (Å²) in [6.07, 6.45) is 2.25. The number of anilines is 1. The molecule has 0 radical (unpaired) electrons. The number of nitrogens with one attached hydrogen (secondary N) is 2. The molecule has 0 saturated carbocycles. The molecule has 0 saturated heterocycles. The van der Waals surface area contributed by atoms with Gasteiger partial charge in [-0.2, -0.15) is 5.10 Å². The second-order valence-corrected chi connectivity index (χ2v) is 6.91. The molecule has 0 spiro atoms. The van der Waals surface area contributed by atoms with Crippen molar-refractivity contribution in [3.63, 3.8) is 0 Å². The molecule has 0 atom stereocenters. The van der Waals surface area contributed by atoms with Crippen LogP contribution in [0.1, 0.15) is 30.1 Å². The highest BCUT2D eigenvalue weighted by Crippen LogP contribution is 2.21. The lowest BCUT2D eigenvalue weighted by Gasteiger charge is -2.11. The van der Waals surface area contributed by atoms with E-state index in [4.69, 9.17) is 11.6 Å². The minimum Gasteiger partial charge on any atom is -0.352 e. The normalized spacial score (nSPS) is 10.7. The molecule has 2 aromatic carbocycles. The van der Waals surface area contributed by atoms with Crippen LogP contribution in [0.3, 0.4) is 0 Å². The summed E-state index contributed by atoms with van der Waals surface area (Å²) in [5.74, 6) is -0.472. The van der Waals surface area contributed by atoms with E-state index in [-0.39, 0.29) is 28.7 Å². The number of halogens is 1. The van der Waals surface area contributed by atoms with Crippen molar-refractivity contribution < 1.29 is 9.59 Å². The van der Waals surface area contributed by atoms with Crippen molar-refractivity contribution in [1.82, 2.24) is 15.1 Å². The quantitative estimate of drug-likeness (QED) is 0.623. The van der Waals surface area contributed by atoms with Crippen molar-refractivity contribution in [3.05, 3.63) is 69.5 Å². The van der Waals surface area contributed by atoms with Gasteiger partial charge in [0.05, 0.1) is 28.8 Å². The van der Waals surface area contributed by atoms with Gasteiger partial charge in [-0.1, -0.05) is 30.7 Å². The summed E-state index contributed by atoms with van der Waals surface area (Å²) in [5, 5.41) is 10.5. The van der Waals surface area contributed by atoms with Crippen molar-refractivity contribution in [2.24, 2.45) is 0 Å². The fourth-order valence-corrected chi connectivity index (χ4v) is 3.15. The summed E-state index contributed by atoms with van der Waals surface area (Å²) >= 11 is 6.18. The smallest absolute Gasteiger partial charge is 0.252 e. The molecule has 3 aromatic rings. The zero-order valence-corrected chi connectivity index (χ0v) is 16.7. The van der Waals surface area contributed by atoms with Gasteiger partial charge in [-0.05, 0) is 36.8 Å². The molecule has 0 bridgehead atoms. The molecule has 0 unspecified atom stereocenters. The van der Waals surface area contributed by atoms with Crippen LogP contribution < -0.4 is 16.1 Å².